The minimum absolute atomic E-state index is 0.00226. The van der Waals surface area contributed by atoms with Crippen molar-refractivity contribution in [1.29, 1.82) is 0 Å². The molecule has 0 aliphatic carbocycles. The Morgan fingerprint density at radius 3 is 2.00 bits per heavy atom. The summed E-state index contributed by atoms with van der Waals surface area (Å²) in [6, 6.07) is -1.04. The fourth-order valence-corrected chi connectivity index (χ4v) is 2.76. The Labute approximate surface area is 105 Å². The molecule has 4 nitrogen and oxygen atoms in total. The van der Waals surface area contributed by atoms with Crippen LogP contribution in [0.15, 0.2) is 0 Å². The van der Waals surface area contributed by atoms with E-state index in [2.05, 4.69) is 0 Å². The zero-order chi connectivity index (χ0) is 14.7. The van der Waals surface area contributed by atoms with Crippen LogP contribution >= 0.6 is 0 Å². The molecule has 0 N–H and O–H groups in total. The van der Waals surface area contributed by atoms with Gasteiger partial charge in [-0.25, -0.2) is 8.42 Å². The minimum atomic E-state index is -4.81. The van der Waals surface area contributed by atoms with Crippen molar-refractivity contribution in [3.63, 3.8) is 0 Å². The van der Waals surface area contributed by atoms with Gasteiger partial charge >= 0.3 is 6.18 Å². The summed E-state index contributed by atoms with van der Waals surface area (Å²) >= 11 is 0. The topological polar surface area (TPSA) is 54.5 Å². The first-order valence-corrected chi connectivity index (χ1v) is 7.00. The van der Waals surface area contributed by atoms with Crippen molar-refractivity contribution in [2.24, 2.45) is 5.92 Å². The lowest BCUT2D eigenvalue weighted by Crippen LogP contribution is -2.45. The highest BCUT2D eigenvalue weighted by Crippen LogP contribution is 2.22. The summed E-state index contributed by atoms with van der Waals surface area (Å²) in [5.41, 5.74) is 0. The molecule has 0 rings (SSSR count). The molecule has 0 saturated heterocycles. The van der Waals surface area contributed by atoms with Crippen LogP contribution in [0.3, 0.4) is 0 Å². The molecular weight excluding hydrogens is 271 g/mol. The smallest absolute Gasteiger partial charge is 0.298 e. The van der Waals surface area contributed by atoms with Gasteiger partial charge in [-0.05, 0) is 19.3 Å². The van der Waals surface area contributed by atoms with Gasteiger partial charge in [0.1, 0.15) is 5.78 Å². The third-order valence-electron chi connectivity index (χ3n) is 2.39. The second-order valence-corrected chi connectivity index (χ2v) is 6.67. The Kier molecular flexibility index (Phi) is 5.80. The molecule has 0 heterocycles. The van der Waals surface area contributed by atoms with Gasteiger partial charge in [-0.1, -0.05) is 13.8 Å². The molecule has 0 bridgehead atoms. The first-order chi connectivity index (χ1) is 7.87. The Hall–Kier alpha value is -0.630. The Balaban J connectivity index is 5.08. The number of ketones is 1. The molecule has 0 aliphatic heterocycles. The van der Waals surface area contributed by atoms with Crippen molar-refractivity contribution in [3.8, 4) is 0 Å². The van der Waals surface area contributed by atoms with Crippen LogP contribution in [0, 0.1) is 5.92 Å². The third kappa shape index (κ3) is 5.81. The predicted octanol–water partition coefficient (Wildman–Crippen LogP) is 1.81. The van der Waals surface area contributed by atoms with Crippen molar-refractivity contribution in [3.05, 3.63) is 0 Å². The second kappa shape index (κ2) is 6.01. The zero-order valence-corrected chi connectivity index (χ0v) is 11.6. The van der Waals surface area contributed by atoms with Crippen LogP contribution in [0.2, 0.25) is 0 Å². The van der Waals surface area contributed by atoms with Gasteiger partial charge in [0, 0.05) is 7.05 Å². The lowest BCUT2D eigenvalue weighted by Gasteiger charge is -2.27. The number of carbonyl (C=O) groups is 1. The number of halogens is 3. The van der Waals surface area contributed by atoms with Gasteiger partial charge in [-0.3, -0.25) is 4.79 Å². The Morgan fingerprint density at radius 1 is 1.28 bits per heavy atom. The number of rotatable bonds is 6. The number of hydrogen-bond donors (Lipinski definition) is 0. The molecule has 0 unspecified atom stereocenters. The molecular formula is C10H18F3NO3S. The van der Waals surface area contributed by atoms with Crippen LogP contribution in [0.5, 0.6) is 0 Å². The summed E-state index contributed by atoms with van der Waals surface area (Å²) in [7, 11) is -3.51. The summed E-state index contributed by atoms with van der Waals surface area (Å²) in [4.78, 5) is 11.3. The highest BCUT2D eigenvalue weighted by molar-refractivity contribution is 7.89. The molecule has 0 saturated carbocycles. The summed E-state index contributed by atoms with van der Waals surface area (Å²) in [5.74, 6) is -2.40. The summed E-state index contributed by atoms with van der Waals surface area (Å²) in [6.07, 6.45) is -4.62. The van der Waals surface area contributed by atoms with Crippen LogP contribution in [-0.2, 0) is 14.8 Å². The Morgan fingerprint density at radius 2 is 1.72 bits per heavy atom. The number of Topliss-reactive ketones (excluding diaryl/α,β-unsaturated/α-hetero) is 1. The van der Waals surface area contributed by atoms with Gasteiger partial charge in [0.2, 0.25) is 10.0 Å². The standard InChI is InChI=1S/C10H18F3NO3S/c1-7(2)5-9(8(3)15)14(4)18(16,17)6-10(11,12)13/h7,9H,5-6H2,1-4H3/t9-/m0/s1. The van der Waals surface area contributed by atoms with E-state index in [9.17, 15) is 26.4 Å². The number of likely N-dealkylation sites (N-methyl/N-ethyl adjacent to an activating group) is 1. The van der Waals surface area contributed by atoms with Crippen molar-refractivity contribution in [2.45, 2.75) is 39.4 Å². The van der Waals surface area contributed by atoms with E-state index >= 15 is 0 Å². The van der Waals surface area contributed by atoms with Crippen molar-refractivity contribution in [1.82, 2.24) is 4.31 Å². The molecule has 0 radical (unpaired) electrons. The van der Waals surface area contributed by atoms with E-state index < -0.39 is 33.8 Å². The maximum absolute atomic E-state index is 12.1. The predicted molar refractivity (Wildman–Crippen MR) is 61.5 cm³/mol. The van der Waals surface area contributed by atoms with Gasteiger partial charge in [-0.15, -0.1) is 0 Å². The van der Waals surface area contributed by atoms with Gasteiger partial charge < -0.3 is 0 Å². The minimum Gasteiger partial charge on any atom is -0.298 e. The SMILES string of the molecule is CC(=O)[C@H](CC(C)C)N(C)S(=O)(=O)CC(F)(F)F. The van der Waals surface area contributed by atoms with E-state index in [1.165, 1.54) is 6.92 Å². The van der Waals surface area contributed by atoms with E-state index in [-0.39, 0.29) is 12.3 Å². The fraction of sp³-hybridized carbons (Fsp3) is 0.900. The van der Waals surface area contributed by atoms with Crippen LogP contribution in [-0.4, -0.2) is 43.5 Å². The molecule has 18 heavy (non-hydrogen) atoms. The van der Waals surface area contributed by atoms with E-state index in [0.29, 0.717) is 4.31 Å². The molecule has 108 valence electrons. The Bertz CT molecular complexity index is 390. The summed E-state index contributed by atoms with van der Waals surface area (Å²) in [6.45, 7) is 4.70. The molecule has 0 spiro atoms. The quantitative estimate of drug-likeness (QED) is 0.749. The normalized spacial score (nSPS) is 15.2. The van der Waals surface area contributed by atoms with Gasteiger partial charge in [0.15, 0.2) is 5.75 Å². The molecule has 0 amide bonds. The number of sulfonamides is 1. The number of alkyl halides is 3. The number of nitrogens with zero attached hydrogens (tertiary/aromatic N) is 1. The largest absolute Gasteiger partial charge is 0.404 e. The average Bonchev–Trinajstić information content (AvgIpc) is 2.08. The van der Waals surface area contributed by atoms with Crippen molar-refractivity contribution in [2.75, 3.05) is 12.8 Å². The van der Waals surface area contributed by atoms with E-state index in [1.807, 2.05) is 0 Å². The molecule has 0 aromatic rings. The molecule has 0 aromatic heterocycles. The van der Waals surface area contributed by atoms with Crippen molar-refractivity contribution < 1.29 is 26.4 Å². The van der Waals surface area contributed by atoms with Gasteiger partial charge in [-0.2, -0.15) is 17.5 Å². The summed E-state index contributed by atoms with van der Waals surface area (Å²) < 4.78 is 60.0. The van der Waals surface area contributed by atoms with Gasteiger partial charge in [0.25, 0.3) is 0 Å². The van der Waals surface area contributed by atoms with Crippen LogP contribution < -0.4 is 0 Å². The van der Waals surface area contributed by atoms with Crippen molar-refractivity contribution >= 4 is 15.8 Å². The molecule has 0 fully saturated rings. The third-order valence-corrected chi connectivity index (χ3v) is 4.21. The first kappa shape index (κ1) is 17.4. The molecule has 0 aromatic carbocycles. The summed E-state index contributed by atoms with van der Waals surface area (Å²) in [5, 5.41) is 0. The van der Waals surface area contributed by atoms with Crippen LogP contribution in [0.4, 0.5) is 13.2 Å². The van der Waals surface area contributed by atoms with Crippen LogP contribution in [0.1, 0.15) is 27.2 Å². The lowest BCUT2D eigenvalue weighted by molar-refractivity contribution is -0.121. The highest BCUT2D eigenvalue weighted by atomic mass is 32.2. The van der Waals surface area contributed by atoms with E-state index in [4.69, 9.17) is 0 Å². The monoisotopic (exact) mass is 289 g/mol. The van der Waals surface area contributed by atoms with E-state index in [1.54, 1.807) is 13.8 Å². The van der Waals surface area contributed by atoms with Crippen LogP contribution in [0.25, 0.3) is 0 Å². The number of hydrogen-bond acceptors (Lipinski definition) is 3. The second-order valence-electron chi connectivity index (χ2n) is 4.64. The molecule has 8 heteroatoms. The maximum atomic E-state index is 12.1. The maximum Gasteiger partial charge on any atom is 0.404 e. The lowest BCUT2D eigenvalue weighted by atomic mass is 10.0. The number of carbonyl (C=O) groups excluding carboxylic acids is 1. The fourth-order valence-electron chi connectivity index (χ4n) is 1.52. The molecule has 1 atom stereocenters. The zero-order valence-electron chi connectivity index (χ0n) is 10.8. The average molecular weight is 289 g/mol. The van der Waals surface area contributed by atoms with E-state index in [0.717, 1.165) is 7.05 Å². The highest BCUT2D eigenvalue weighted by Gasteiger charge is 2.40. The van der Waals surface area contributed by atoms with Gasteiger partial charge in [0.05, 0.1) is 6.04 Å². The molecule has 0 aliphatic rings. The first-order valence-electron chi connectivity index (χ1n) is 5.39.